The molecule has 0 aromatic carbocycles. The van der Waals surface area contributed by atoms with Crippen molar-refractivity contribution in [3.8, 4) is 0 Å². The van der Waals surface area contributed by atoms with Crippen molar-refractivity contribution in [2.24, 2.45) is 0 Å². The van der Waals surface area contributed by atoms with Crippen molar-refractivity contribution in [3.05, 3.63) is 0 Å². The van der Waals surface area contributed by atoms with E-state index in [4.69, 9.17) is 5.11 Å². The zero-order valence-electron chi connectivity index (χ0n) is 9.98. The molecule has 1 aliphatic heterocycles. The first kappa shape index (κ1) is 14.8. The van der Waals surface area contributed by atoms with Crippen LogP contribution in [-0.4, -0.2) is 81.7 Å². The fourth-order valence-corrected chi connectivity index (χ4v) is 1.91. The third-order valence-electron chi connectivity index (χ3n) is 3.02. The Hall–Kier alpha value is -1.22. The van der Waals surface area contributed by atoms with Gasteiger partial charge in [-0.15, -0.1) is 0 Å². The van der Waals surface area contributed by atoms with E-state index in [2.05, 4.69) is 5.32 Å². The SMILES string of the molecule is CNC(=O)CC(=O)N1CC(O)C(O)C(O)C1CO. The largest absolute Gasteiger partial charge is 0.394 e. The van der Waals surface area contributed by atoms with Crippen LogP contribution in [0.5, 0.6) is 0 Å². The number of likely N-dealkylation sites (tertiary alicyclic amines) is 1. The number of carbonyl (C=O) groups is 2. The molecule has 0 bridgehead atoms. The molecule has 1 rings (SSSR count). The first-order valence-electron chi connectivity index (χ1n) is 5.57. The van der Waals surface area contributed by atoms with E-state index in [1.165, 1.54) is 7.05 Å². The van der Waals surface area contributed by atoms with Gasteiger partial charge in [-0.25, -0.2) is 0 Å². The normalized spacial score (nSPS) is 32.2. The summed E-state index contributed by atoms with van der Waals surface area (Å²) in [6.45, 7) is -0.802. The van der Waals surface area contributed by atoms with Crippen molar-refractivity contribution >= 4 is 11.8 Å². The van der Waals surface area contributed by atoms with Crippen molar-refractivity contribution in [3.63, 3.8) is 0 Å². The third kappa shape index (κ3) is 2.96. The molecule has 0 aromatic rings. The summed E-state index contributed by atoms with van der Waals surface area (Å²) in [6.07, 6.45) is -4.63. The number of hydrogen-bond acceptors (Lipinski definition) is 6. The molecule has 5 N–H and O–H groups in total. The third-order valence-corrected chi connectivity index (χ3v) is 3.02. The molecule has 2 amide bonds. The number of piperidine rings is 1. The van der Waals surface area contributed by atoms with Gasteiger partial charge in [0.1, 0.15) is 24.7 Å². The number of nitrogens with one attached hydrogen (secondary N) is 1. The van der Waals surface area contributed by atoms with Gasteiger partial charge in [0, 0.05) is 13.6 Å². The number of β-amino-alcohol motifs (C(OH)–C–C–N with tert-alkyl or cyclic N) is 1. The van der Waals surface area contributed by atoms with Crippen molar-refractivity contribution < 1.29 is 30.0 Å². The summed E-state index contributed by atoms with van der Waals surface area (Å²) in [5.74, 6) is -1.13. The van der Waals surface area contributed by atoms with E-state index in [9.17, 15) is 24.9 Å². The molecular formula is C10H18N2O6. The van der Waals surface area contributed by atoms with Crippen LogP contribution in [0, 0.1) is 0 Å². The molecule has 0 aromatic heterocycles. The first-order valence-corrected chi connectivity index (χ1v) is 5.57. The maximum atomic E-state index is 11.8. The van der Waals surface area contributed by atoms with Gasteiger partial charge >= 0.3 is 0 Å². The number of nitrogens with zero attached hydrogens (tertiary/aromatic N) is 1. The lowest BCUT2D eigenvalue weighted by Crippen LogP contribution is -2.64. The molecule has 0 saturated carbocycles. The molecule has 4 atom stereocenters. The highest BCUT2D eigenvalue weighted by atomic mass is 16.4. The molecule has 0 aliphatic carbocycles. The predicted molar refractivity (Wildman–Crippen MR) is 59.3 cm³/mol. The molecule has 104 valence electrons. The predicted octanol–water partition coefficient (Wildman–Crippen LogP) is -3.59. The number of amides is 2. The summed E-state index contributed by atoms with van der Waals surface area (Å²) in [7, 11) is 1.38. The topological polar surface area (TPSA) is 130 Å². The van der Waals surface area contributed by atoms with E-state index in [-0.39, 0.29) is 6.54 Å². The Morgan fingerprint density at radius 3 is 2.39 bits per heavy atom. The summed E-state index contributed by atoms with van der Waals surface area (Å²) < 4.78 is 0. The zero-order valence-corrected chi connectivity index (χ0v) is 9.98. The Morgan fingerprint density at radius 1 is 1.28 bits per heavy atom. The maximum Gasteiger partial charge on any atom is 0.232 e. The Morgan fingerprint density at radius 2 is 1.89 bits per heavy atom. The Bertz CT molecular complexity index is 323. The molecule has 18 heavy (non-hydrogen) atoms. The molecule has 8 nitrogen and oxygen atoms in total. The minimum atomic E-state index is -1.45. The quantitative estimate of drug-likeness (QED) is 0.334. The van der Waals surface area contributed by atoms with Crippen molar-refractivity contribution in [1.29, 1.82) is 0 Å². The van der Waals surface area contributed by atoms with Gasteiger partial charge in [-0.2, -0.15) is 0 Å². The molecule has 1 saturated heterocycles. The van der Waals surface area contributed by atoms with E-state index in [1.54, 1.807) is 0 Å². The molecule has 4 unspecified atom stereocenters. The van der Waals surface area contributed by atoms with Crippen LogP contribution in [0.25, 0.3) is 0 Å². The summed E-state index contributed by atoms with van der Waals surface area (Å²) in [5.41, 5.74) is 0. The molecule has 1 fully saturated rings. The van der Waals surface area contributed by atoms with Crippen LogP contribution in [0.3, 0.4) is 0 Å². The van der Waals surface area contributed by atoms with E-state index in [0.29, 0.717) is 0 Å². The fraction of sp³-hybridized carbons (Fsp3) is 0.800. The Balaban J connectivity index is 2.78. The summed E-state index contributed by atoms with van der Waals surface area (Å²) in [5, 5.41) is 40.0. The zero-order chi connectivity index (χ0) is 13.9. The second-order valence-corrected chi connectivity index (χ2v) is 4.19. The number of carbonyl (C=O) groups excluding carboxylic acids is 2. The summed E-state index contributed by atoms with van der Waals surface area (Å²) in [4.78, 5) is 23.9. The highest BCUT2D eigenvalue weighted by Gasteiger charge is 2.43. The van der Waals surface area contributed by atoms with Crippen LogP contribution in [0.1, 0.15) is 6.42 Å². The van der Waals surface area contributed by atoms with Crippen LogP contribution in [0.2, 0.25) is 0 Å². The lowest BCUT2D eigenvalue weighted by Gasteiger charge is -2.43. The van der Waals surface area contributed by atoms with Crippen LogP contribution in [0.15, 0.2) is 0 Å². The van der Waals surface area contributed by atoms with Gasteiger partial charge in [-0.05, 0) is 0 Å². The van der Waals surface area contributed by atoms with Gasteiger partial charge in [0.15, 0.2) is 0 Å². The molecule has 0 spiro atoms. The standard InChI is InChI=1S/C10H18N2O6/c1-11-7(15)2-8(16)12-3-6(14)10(18)9(17)5(12)4-13/h5-6,9-10,13-14,17-18H,2-4H2,1H3,(H,11,15). The smallest absolute Gasteiger partial charge is 0.232 e. The number of aliphatic hydroxyl groups excluding tert-OH is 4. The van der Waals surface area contributed by atoms with Crippen molar-refractivity contribution in [2.75, 3.05) is 20.2 Å². The maximum absolute atomic E-state index is 11.8. The summed E-state index contributed by atoms with van der Waals surface area (Å²) in [6, 6.07) is -1.03. The van der Waals surface area contributed by atoms with Gasteiger partial charge in [0.25, 0.3) is 0 Å². The average Bonchev–Trinajstić information content (AvgIpc) is 2.35. The average molecular weight is 262 g/mol. The number of rotatable bonds is 3. The Labute approximate surface area is 104 Å². The highest BCUT2D eigenvalue weighted by molar-refractivity contribution is 5.97. The van der Waals surface area contributed by atoms with Crippen LogP contribution < -0.4 is 5.32 Å². The molecule has 1 aliphatic rings. The lowest BCUT2D eigenvalue weighted by atomic mass is 9.94. The Kier molecular flexibility index (Phi) is 5.03. The van der Waals surface area contributed by atoms with Crippen molar-refractivity contribution in [1.82, 2.24) is 10.2 Å². The minimum Gasteiger partial charge on any atom is -0.394 e. The molecule has 1 heterocycles. The van der Waals surface area contributed by atoms with Crippen LogP contribution in [-0.2, 0) is 9.59 Å². The van der Waals surface area contributed by atoms with E-state index >= 15 is 0 Å². The van der Waals surface area contributed by atoms with Gasteiger partial charge in [0.2, 0.25) is 11.8 Å². The van der Waals surface area contributed by atoms with E-state index in [1.807, 2.05) is 0 Å². The summed E-state index contributed by atoms with van der Waals surface area (Å²) >= 11 is 0. The van der Waals surface area contributed by atoms with E-state index in [0.717, 1.165) is 4.90 Å². The molecular weight excluding hydrogens is 244 g/mol. The lowest BCUT2D eigenvalue weighted by molar-refractivity contribution is -0.167. The minimum absolute atomic E-state index is 0.237. The van der Waals surface area contributed by atoms with Gasteiger partial charge in [-0.3, -0.25) is 9.59 Å². The number of aliphatic hydroxyl groups is 4. The fourth-order valence-electron chi connectivity index (χ4n) is 1.91. The first-order chi connectivity index (χ1) is 8.42. The molecule has 0 radical (unpaired) electrons. The van der Waals surface area contributed by atoms with Gasteiger partial charge in [0.05, 0.1) is 12.6 Å². The van der Waals surface area contributed by atoms with Crippen LogP contribution >= 0.6 is 0 Å². The highest BCUT2D eigenvalue weighted by Crippen LogP contribution is 2.19. The van der Waals surface area contributed by atoms with E-state index < -0.39 is 49.2 Å². The second kappa shape index (κ2) is 6.10. The van der Waals surface area contributed by atoms with Crippen molar-refractivity contribution in [2.45, 2.75) is 30.8 Å². The van der Waals surface area contributed by atoms with Crippen LogP contribution in [0.4, 0.5) is 0 Å². The number of hydrogen-bond donors (Lipinski definition) is 5. The van der Waals surface area contributed by atoms with Gasteiger partial charge < -0.3 is 30.6 Å². The molecule has 8 heteroatoms. The van der Waals surface area contributed by atoms with Gasteiger partial charge in [-0.1, -0.05) is 0 Å². The monoisotopic (exact) mass is 262 g/mol. The second-order valence-electron chi connectivity index (χ2n) is 4.19.